The van der Waals surface area contributed by atoms with Crippen LogP contribution in [-0.2, 0) is 4.79 Å². The van der Waals surface area contributed by atoms with E-state index in [2.05, 4.69) is 0 Å². The van der Waals surface area contributed by atoms with Crippen LogP contribution in [0.1, 0.15) is 5.56 Å². The number of anilines is 1. The third-order valence-corrected chi connectivity index (χ3v) is 5.18. The van der Waals surface area contributed by atoms with Crippen LogP contribution in [-0.4, -0.2) is 36.9 Å². The van der Waals surface area contributed by atoms with Crippen molar-refractivity contribution in [3.05, 3.63) is 64.0 Å². The van der Waals surface area contributed by atoms with Crippen molar-refractivity contribution < 1.29 is 14.3 Å². The lowest BCUT2D eigenvalue weighted by Gasteiger charge is -2.24. The number of carbonyl (C=O) groups excluding carboxylic acids is 2. The summed E-state index contributed by atoms with van der Waals surface area (Å²) in [5.74, 6) is 0.427. The zero-order valence-electron chi connectivity index (χ0n) is 14.3. The molecule has 134 valence electrons. The molecule has 2 aromatic carbocycles. The smallest absolute Gasteiger partial charge is 0.295 e. The van der Waals surface area contributed by atoms with E-state index in [-0.39, 0.29) is 17.8 Å². The van der Waals surface area contributed by atoms with E-state index < -0.39 is 0 Å². The van der Waals surface area contributed by atoms with Gasteiger partial charge in [0.1, 0.15) is 12.4 Å². The minimum Gasteiger partial charge on any atom is -0.497 e. The van der Waals surface area contributed by atoms with Crippen molar-refractivity contribution in [1.82, 2.24) is 4.90 Å². The van der Waals surface area contributed by atoms with Gasteiger partial charge in [-0.15, -0.1) is 0 Å². The minimum absolute atomic E-state index is 0.164. The fraction of sp³-hybridized carbons (Fsp3) is 0.158. The molecule has 0 saturated carbocycles. The zero-order valence-corrected chi connectivity index (χ0v) is 15.9. The average molecular weight is 389 g/mol. The van der Waals surface area contributed by atoms with Crippen LogP contribution >= 0.6 is 23.4 Å². The number of methoxy groups -OCH3 is 1. The number of imide groups is 1. The third kappa shape index (κ3) is 3.86. The van der Waals surface area contributed by atoms with Gasteiger partial charge in [0, 0.05) is 17.8 Å². The van der Waals surface area contributed by atoms with E-state index in [9.17, 15) is 9.59 Å². The van der Waals surface area contributed by atoms with Gasteiger partial charge < -0.3 is 9.64 Å². The molecule has 5 nitrogen and oxygen atoms in total. The number of hydrogen-bond acceptors (Lipinski definition) is 5. The van der Waals surface area contributed by atoms with Crippen molar-refractivity contribution in [1.29, 1.82) is 0 Å². The van der Waals surface area contributed by atoms with E-state index in [0.717, 1.165) is 23.2 Å². The maximum absolute atomic E-state index is 12.6. The summed E-state index contributed by atoms with van der Waals surface area (Å²) in [6.07, 6.45) is 1.65. The Hall–Kier alpha value is -2.44. The lowest BCUT2D eigenvalue weighted by molar-refractivity contribution is -0.122. The minimum atomic E-state index is -0.319. The summed E-state index contributed by atoms with van der Waals surface area (Å²) < 4.78 is 5.14. The molecule has 0 radical (unpaired) electrons. The van der Waals surface area contributed by atoms with Crippen LogP contribution in [0, 0.1) is 0 Å². The number of benzene rings is 2. The average Bonchev–Trinajstić information content (AvgIpc) is 2.91. The highest BCUT2D eigenvalue weighted by Crippen LogP contribution is 2.33. The number of amides is 2. The Morgan fingerprint density at radius 2 is 1.85 bits per heavy atom. The molecule has 3 rings (SSSR count). The van der Waals surface area contributed by atoms with Crippen LogP contribution in [0.15, 0.2) is 53.4 Å². The normalized spacial score (nSPS) is 15.7. The summed E-state index contributed by atoms with van der Waals surface area (Å²) in [4.78, 5) is 28.3. The Bertz CT molecular complexity index is 867. The van der Waals surface area contributed by atoms with Crippen molar-refractivity contribution in [2.75, 3.05) is 25.7 Å². The van der Waals surface area contributed by atoms with Crippen LogP contribution < -0.4 is 9.64 Å². The molecule has 0 aromatic heterocycles. The summed E-state index contributed by atoms with van der Waals surface area (Å²) in [6.45, 7) is 0.164. The summed E-state index contributed by atoms with van der Waals surface area (Å²) in [5, 5.41) is 0.239. The van der Waals surface area contributed by atoms with Crippen molar-refractivity contribution in [2.45, 2.75) is 0 Å². The van der Waals surface area contributed by atoms with Gasteiger partial charge in [-0.25, -0.2) is 4.90 Å². The van der Waals surface area contributed by atoms with Crippen LogP contribution in [0.5, 0.6) is 5.75 Å². The summed E-state index contributed by atoms with van der Waals surface area (Å²) >= 11 is 7.05. The van der Waals surface area contributed by atoms with Gasteiger partial charge in [0.2, 0.25) is 0 Å². The molecule has 26 heavy (non-hydrogen) atoms. The first kappa shape index (κ1) is 18.4. The number of thioether (sulfide) groups is 1. The molecule has 1 fully saturated rings. The number of carbonyl (C=O) groups is 2. The predicted octanol–water partition coefficient (Wildman–Crippen LogP) is 4.48. The quantitative estimate of drug-likeness (QED) is 0.707. The maximum atomic E-state index is 12.6. The SMILES string of the molecule is COc1ccc(N(C)CN2C(=O)SC(=Cc3ccccc3Cl)C2=O)cc1. The molecular formula is C19H17ClN2O3S. The fourth-order valence-corrected chi connectivity index (χ4v) is 3.50. The van der Waals surface area contributed by atoms with Crippen LogP contribution in [0.2, 0.25) is 5.02 Å². The highest BCUT2D eigenvalue weighted by molar-refractivity contribution is 8.18. The topological polar surface area (TPSA) is 49.9 Å². The molecule has 0 N–H and O–H groups in total. The van der Waals surface area contributed by atoms with E-state index >= 15 is 0 Å². The van der Waals surface area contributed by atoms with Crippen molar-refractivity contribution in [3.63, 3.8) is 0 Å². The van der Waals surface area contributed by atoms with Crippen LogP contribution in [0.3, 0.4) is 0 Å². The zero-order chi connectivity index (χ0) is 18.7. The summed E-state index contributed by atoms with van der Waals surface area (Å²) in [5.41, 5.74) is 1.59. The molecule has 0 bridgehead atoms. The molecule has 0 unspecified atom stereocenters. The molecule has 2 aromatic rings. The Kier molecular flexibility index (Phi) is 5.54. The maximum Gasteiger partial charge on any atom is 0.295 e. The van der Waals surface area contributed by atoms with Crippen molar-refractivity contribution in [3.8, 4) is 5.75 Å². The molecular weight excluding hydrogens is 372 g/mol. The van der Waals surface area contributed by atoms with Gasteiger partial charge in [-0.2, -0.15) is 0 Å². The molecule has 7 heteroatoms. The first-order valence-corrected chi connectivity index (χ1v) is 9.04. The van der Waals surface area contributed by atoms with Crippen molar-refractivity contribution in [2.24, 2.45) is 0 Å². The van der Waals surface area contributed by atoms with Gasteiger partial charge in [-0.3, -0.25) is 9.59 Å². The second-order valence-electron chi connectivity index (χ2n) is 5.67. The van der Waals surface area contributed by atoms with Crippen LogP contribution in [0.4, 0.5) is 10.5 Å². The number of rotatable bonds is 5. The molecule has 0 aliphatic carbocycles. The second-order valence-corrected chi connectivity index (χ2v) is 7.07. The van der Waals surface area contributed by atoms with Gasteiger partial charge in [0.25, 0.3) is 11.1 Å². The second kappa shape index (κ2) is 7.85. The van der Waals surface area contributed by atoms with Crippen molar-refractivity contribution >= 4 is 46.3 Å². The van der Waals surface area contributed by atoms with Gasteiger partial charge in [-0.05, 0) is 53.7 Å². The van der Waals surface area contributed by atoms with Crippen LogP contribution in [0.25, 0.3) is 6.08 Å². The molecule has 1 heterocycles. The molecule has 1 aliphatic rings. The molecule has 2 amide bonds. The molecule has 1 aliphatic heterocycles. The van der Waals surface area contributed by atoms with Gasteiger partial charge in [0.05, 0.1) is 12.0 Å². The van der Waals surface area contributed by atoms with Gasteiger partial charge >= 0.3 is 0 Å². The van der Waals surface area contributed by atoms with E-state index in [4.69, 9.17) is 16.3 Å². The monoisotopic (exact) mass is 388 g/mol. The predicted molar refractivity (Wildman–Crippen MR) is 106 cm³/mol. The van der Waals surface area contributed by atoms with Gasteiger partial charge in [0.15, 0.2) is 0 Å². The van der Waals surface area contributed by atoms with Gasteiger partial charge in [-0.1, -0.05) is 29.8 Å². The highest BCUT2D eigenvalue weighted by Gasteiger charge is 2.35. The van der Waals surface area contributed by atoms with E-state index in [1.807, 2.05) is 48.3 Å². The standard InChI is InChI=1S/C19H17ClN2O3S/c1-21(14-7-9-15(25-2)10-8-14)12-22-18(23)17(26-19(22)24)11-13-5-3-4-6-16(13)20/h3-11H,12H2,1-2H3. The Balaban J connectivity index is 1.75. The lowest BCUT2D eigenvalue weighted by Crippen LogP contribution is -2.38. The number of halogens is 1. The molecule has 0 atom stereocenters. The number of hydrogen-bond donors (Lipinski definition) is 0. The molecule has 1 saturated heterocycles. The fourth-order valence-electron chi connectivity index (χ4n) is 2.49. The summed E-state index contributed by atoms with van der Waals surface area (Å²) in [7, 11) is 3.42. The first-order chi connectivity index (χ1) is 12.5. The number of nitrogens with zero attached hydrogens (tertiary/aromatic N) is 2. The Labute approximate surface area is 161 Å². The number of ether oxygens (including phenoxy) is 1. The largest absolute Gasteiger partial charge is 0.497 e. The van der Waals surface area contributed by atoms with E-state index in [1.54, 1.807) is 25.3 Å². The summed E-state index contributed by atoms with van der Waals surface area (Å²) in [6, 6.07) is 14.6. The highest BCUT2D eigenvalue weighted by atomic mass is 35.5. The third-order valence-electron chi connectivity index (χ3n) is 3.93. The van der Waals surface area contributed by atoms with E-state index in [0.29, 0.717) is 15.5 Å². The molecule has 0 spiro atoms. The lowest BCUT2D eigenvalue weighted by atomic mass is 10.2. The Morgan fingerprint density at radius 1 is 1.15 bits per heavy atom. The van der Waals surface area contributed by atoms with E-state index in [1.165, 1.54) is 4.90 Å². The first-order valence-electron chi connectivity index (χ1n) is 7.84. The Morgan fingerprint density at radius 3 is 2.50 bits per heavy atom.